The van der Waals surface area contributed by atoms with Crippen LogP contribution in [0.2, 0.25) is 0 Å². The lowest BCUT2D eigenvalue weighted by Gasteiger charge is -2.20. The summed E-state index contributed by atoms with van der Waals surface area (Å²) in [6, 6.07) is 9.21. The number of aromatic nitrogens is 1. The number of aromatic hydroxyl groups is 1. The number of phenolic OH excluding ortho intramolecular Hbond substituents is 1. The summed E-state index contributed by atoms with van der Waals surface area (Å²) in [5.41, 5.74) is 6.26. The molecule has 0 unspecified atom stereocenters. The molecule has 0 atom stereocenters. The van der Waals surface area contributed by atoms with Crippen molar-refractivity contribution in [1.29, 1.82) is 0 Å². The average molecular weight is 307 g/mol. The van der Waals surface area contributed by atoms with Crippen LogP contribution in [-0.4, -0.2) is 29.4 Å². The normalized spacial score (nSPS) is 11.7. The Morgan fingerprint density at radius 2 is 2.05 bits per heavy atom. The van der Waals surface area contributed by atoms with Crippen LogP contribution in [-0.2, 0) is 16.6 Å². The van der Waals surface area contributed by atoms with Gasteiger partial charge in [0.05, 0.1) is 22.8 Å². The second kappa shape index (κ2) is 6.11. The van der Waals surface area contributed by atoms with E-state index in [-0.39, 0.29) is 22.9 Å². The van der Waals surface area contributed by atoms with Crippen molar-refractivity contribution in [3.63, 3.8) is 0 Å². The molecule has 0 saturated carbocycles. The Labute approximate surface area is 123 Å². The zero-order valence-corrected chi connectivity index (χ0v) is 12.4. The highest BCUT2D eigenvalue weighted by molar-refractivity contribution is 7.89. The molecule has 0 bridgehead atoms. The van der Waals surface area contributed by atoms with Crippen LogP contribution in [0.1, 0.15) is 12.6 Å². The van der Waals surface area contributed by atoms with Crippen molar-refractivity contribution in [3.05, 3.63) is 48.3 Å². The summed E-state index contributed by atoms with van der Waals surface area (Å²) in [7, 11) is -3.69. The Morgan fingerprint density at radius 3 is 2.62 bits per heavy atom. The first-order valence-corrected chi connectivity index (χ1v) is 7.87. The first kappa shape index (κ1) is 15.3. The lowest BCUT2D eigenvalue weighted by Crippen LogP contribution is -2.30. The number of sulfonamides is 1. The molecule has 0 amide bonds. The summed E-state index contributed by atoms with van der Waals surface area (Å²) in [5.74, 6) is -0.137. The van der Waals surface area contributed by atoms with Gasteiger partial charge in [-0.1, -0.05) is 13.0 Å². The van der Waals surface area contributed by atoms with Crippen LogP contribution in [0.4, 0.5) is 5.69 Å². The second-order valence-corrected chi connectivity index (χ2v) is 6.41. The van der Waals surface area contributed by atoms with Crippen molar-refractivity contribution < 1.29 is 13.5 Å². The number of nitrogen functional groups attached to an aromatic ring is 1. The fourth-order valence-corrected chi connectivity index (χ4v) is 3.34. The van der Waals surface area contributed by atoms with Crippen molar-refractivity contribution in [2.45, 2.75) is 18.4 Å². The van der Waals surface area contributed by atoms with E-state index in [1.807, 2.05) is 0 Å². The lowest BCUT2D eigenvalue weighted by atomic mass is 10.3. The standard InChI is InChI=1S/C14H17N3O3S/c1-2-17(10-11-5-3-4-8-16-11)21(19,20)12-6-7-14(18)13(15)9-12/h3-9,18H,2,10,15H2,1H3. The third-order valence-electron chi connectivity index (χ3n) is 3.05. The van der Waals surface area contributed by atoms with E-state index in [0.717, 1.165) is 0 Å². The van der Waals surface area contributed by atoms with E-state index in [1.54, 1.807) is 31.3 Å². The predicted octanol–water partition coefficient (Wildman–Crippen LogP) is 1.58. The van der Waals surface area contributed by atoms with Crippen molar-refractivity contribution in [2.75, 3.05) is 12.3 Å². The van der Waals surface area contributed by atoms with E-state index in [9.17, 15) is 13.5 Å². The van der Waals surface area contributed by atoms with E-state index >= 15 is 0 Å². The van der Waals surface area contributed by atoms with Crippen LogP contribution in [0.15, 0.2) is 47.5 Å². The molecule has 0 saturated heterocycles. The van der Waals surface area contributed by atoms with Crippen molar-refractivity contribution in [1.82, 2.24) is 9.29 Å². The summed E-state index contributed by atoms with van der Waals surface area (Å²) in [6.45, 7) is 2.24. The Balaban J connectivity index is 2.33. The molecule has 2 aromatic rings. The molecule has 0 radical (unpaired) electrons. The fourth-order valence-electron chi connectivity index (χ4n) is 1.88. The molecule has 2 rings (SSSR count). The molecule has 112 valence electrons. The third-order valence-corrected chi connectivity index (χ3v) is 4.97. The van der Waals surface area contributed by atoms with Gasteiger partial charge in [-0.05, 0) is 30.3 Å². The number of rotatable bonds is 5. The average Bonchev–Trinajstić information content (AvgIpc) is 2.48. The summed E-state index contributed by atoms with van der Waals surface area (Å²) < 4.78 is 26.5. The molecule has 7 heteroatoms. The second-order valence-electron chi connectivity index (χ2n) is 4.47. The summed E-state index contributed by atoms with van der Waals surface area (Å²) >= 11 is 0. The Morgan fingerprint density at radius 1 is 1.29 bits per heavy atom. The Bertz CT molecular complexity index is 717. The molecule has 3 N–H and O–H groups in total. The Hall–Kier alpha value is -2.12. The van der Waals surface area contributed by atoms with Gasteiger partial charge in [0.25, 0.3) is 0 Å². The van der Waals surface area contributed by atoms with Crippen LogP contribution < -0.4 is 5.73 Å². The van der Waals surface area contributed by atoms with E-state index in [2.05, 4.69) is 4.98 Å². The highest BCUT2D eigenvalue weighted by atomic mass is 32.2. The summed E-state index contributed by atoms with van der Waals surface area (Å²) in [4.78, 5) is 4.19. The summed E-state index contributed by atoms with van der Waals surface area (Å²) in [6.07, 6.45) is 1.62. The number of hydrogen-bond acceptors (Lipinski definition) is 5. The van der Waals surface area contributed by atoms with Crippen molar-refractivity contribution >= 4 is 15.7 Å². The number of nitrogens with two attached hydrogens (primary N) is 1. The van der Waals surface area contributed by atoms with Gasteiger partial charge in [-0.3, -0.25) is 4.98 Å². The first-order valence-electron chi connectivity index (χ1n) is 6.43. The zero-order chi connectivity index (χ0) is 15.5. The molecule has 1 heterocycles. The molecular weight excluding hydrogens is 290 g/mol. The van der Waals surface area contributed by atoms with Crippen LogP contribution in [0, 0.1) is 0 Å². The van der Waals surface area contributed by atoms with Crippen LogP contribution in [0.5, 0.6) is 5.75 Å². The quantitative estimate of drug-likeness (QED) is 0.646. The largest absolute Gasteiger partial charge is 0.506 e. The molecule has 0 spiro atoms. The van der Waals surface area contributed by atoms with Gasteiger partial charge in [-0.25, -0.2) is 8.42 Å². The Kier molecular flexibility index (Phi) is 4.44. The van der Waals surface area contributed by atoms with Gasteiger partial charge < -0.3 is 10.8 Å². The number of benzene rings is 1. The number of pyridine rings is 1. The maximum absolute atomic E-state index is 12.6. The number of phenols is 1. The molecule has 1 aromatic carbocycles. The number of anilines is 1. The minimum atomic E-state index is -3.69. The maximum atomic E-state index is 12.6. The zero-order valence-electron chi connectivity index (χ0n) is 11.6. The van der Waals surface area contributed by atoms with Gasteiger partial charge in [0, 0.05) is 12.7 Å². The van der Waals surface area contributed by atoms with Gasteiger partial charge >= 0.3 is 0 Å². The van der Waals surface area contributed by atoms with Gasteiger partial charge in [0.15, 0.2) is 0 Å². The topological polar surface area (TPSA) is 96.5 Å². The van der Waals surface area contributed by atoms with Gasteiger partial charge in [0.2, 0.25) is 10.0 Å². The molecule has 1 aromatic heterocycles. The van der Waals surface area contributed by atoms with Crippen molar-refractivity contribution in [3.8, 4) is 5.75 Å². The van der Waals surface area contributed by atoms with E-state index in [1.165, 1.54) is 22.5 Å². The first-order chi connectivity index (χ1) is 9.95. The molecule has 6 nitrogen and oxygen atoms in total. The van der Waals surface area contributed by atoms with E-state index in [0.29, 0.717) is 12.2 Å². The predicted molar refractivity (Wildman–Crippen MR) is 80.0 cm³/mol. The van der Waals surface area contributed by atoms with Crippen LogP contribution in [0.3, 0.4) is 0 Å². The molecule has 21 heavy (non-hydrogen) atoms. The van der Waals surface area contributed by atoms with E-state index < -0.39 is 10.0 Å². The van der Waals surface area contributed by atoms with E-state index in [4.69, 9.17) is 5.73 Å². The molecular formula is C14H17N3O3S. The lowest BCUT2D eigenvalue weighted by molar-refractivity contribution is 0.419. The van der Waals surface area contributed by atoms with Gasteiger partial charge in [-0.15, -0.1) is 0 Å². The third kappa shape index (κ3) is 3.32. The SMILES string of the molecule is CCN(Cc1ccccn1)S(=O)(=O)c1ccc(O)c(N)c1. The minimum Gasteiger partial charge on any atom is -0.506 e. The highest BCUT2D eigenvalue weighted by Gasteiger charge is 2.24. The minimum absolute atomic E-state index is 0.0324. The van der Waals surface area contributed by atoms with Gasteiger partial charge in [0.1, 0.15) is 5.75 Å². The molecule has 0 aliphatic rings. The smallest absolute Gasteiger partial charge is 0.243 e. The molecule has 0 fully saturated rings. The maximum Gasteiger partial charge on any atom is 0.243 e. The van der Waals surface area contributed by atoms with Gasteiger partial charge in [-0.2, -0.15) is 4.31 Å². The van der Waals surface area contributed by atoms with Crippen LogP contribution in [0.25, 0.3) is 0 Å². The molecule has 0 aliphatic heterocycles. The molecule has 0 aliphatic carbocycles. The highest BCUT2D eigenvalue weighted by Crippen LogP contribution is 2.25. The number of nitrogens with zero attached hydrogens (tertiary/aromatic N) is 2. The summed E-state index contributed by atoms with van der Waals surface area (Å²) in [5, 5.41) is 9.40. The number of hydrogen-bond donors (Lipinski definition) is 2. The monoisotopic (exact) mass is 307 g/mol. The fraction of sp³-hybridized carbons (Fsp3) is 0.214. The van der Waals surface area contributed by atoms with Crippen molar-refractivity contribution in [2.24, 2.45) is 0 Å². The van der Waals surface area contributed by atoms with Crippen LogP contribution >= 0.6 is 0 Å².